The fraction of sp³-hybridized carbons (Fsp3) is 1.00. The molecule has 3 atom stereocenters. The lowest BCUT2D eigenvalue weighted by Gasteiger charge is -2.29. The summed E-state index contributed by atoms with van der Waals surface area (Å²) < 4.78 is 5.03. The van der Waals surface area contributed by atoms with E-state index >= 15 is 0 Å². The Kier molecular flexibility index (Phi) is 4.07. The number of aliphatic hydroxyl groups is 1. The van der Waals surface area contributed by atoms with E-state index in [1.54, 1.807) is 7.11 Å². The van der Waals surface area contributed by atoms with Crippen molar-refractivity contribution in [2.24, 2.45) is 5.92 Å². The minimum atomic E-state index is -0.442. The van der Waals surface area contributed by atoms with E-state index in [1.165, 1.54) is 0 Å². The lowest BCUT2D eigenvalue weighted by molar-refractivity contribution is -0.00219. The van der Waals surface area contributed by atoms with Crippen molar-refractivity contribution in [1.29, 1.82) is 0 Å². The second kappa shape index (κ2) is 4.67. The average molecular weight is 204 g/mol. The van der Waals surface area contributed by atoms with Gasteiger partial charge in [0.15, 0.2) is 0 Å². The number of rotatable bonds is 4. The summed E-state index contributed by atoms with van der Waals surface area (Å²) in [5.74, 6) is 1.24. The molecule has 3 unspecified atom stereocenters. The average Bonchev–Trinajstić information content (AvgIpc) is 2.43. The monoisotopic (exact) mass is 204 g/mol. The van der Waals surface area contributed by atoms with Crippen LogP contribution >= 0.6 is 11.8 Å². The standard InChI is InChI=1S/C10H20O2S/c1-8(4-5-12-3)10(11)6-9(2)13-7-10/h8-9,11H,4-7H2,1-3H3. The third kappa shape index (κ3) is 2.86. The molecular weight excluding hydrogens is 184 g/mol. The summed E-state index contributed by atoms with van der Waals surface area (Å²) in [5.41, 5.74) is -0.442. The van der Waals surface area contributed by atoms with E-state index in [0.717, 1.165) is 25.2 Å². The van der Waals surface area contributed by atoms with Crippen LogP contribution in [0.2, 0.25) is 0 Å². The highest BCUT2D eigenvalue weighted by Crippen LogP contribution is 2.39. The highest BCUT2D eigenvalue weighted by Gasteiger charge is 2.40. The first kappa shape index (κ1) is 11.3. The third-order valence-corrected chi connectivity index (χ3v) is 4.33. The van der Waals surface area contributed by atoms with Gasteiger partial charge in [-0.1, -0.05) is 13.8 Å². The zero-order chi connectivity index (χ0) is 9.90. The maximum absolute atomic E-state index is 10.3. The van der Waals surface area contributed by atoms with Crippen LogP contribution in [0.15, 0.2) is 0 Å². The van der Waals surface area contributed by atoms with Crippen LogP contribution in [-0.2, 0) is 4.74 Å². The summed E-state index contributed by atoms with van der Waals surface area (Å²) in [6.45, 7) is 5.06. The smallest absolute Gasteiger partial charge is 0.0774 e. The minimum absolute atomic E-state index is 0.352. The molecule has 0 aromatic carbocycles. The SMILES string of the molecule is COCCC(C)C1(O)CSC(C)C1. The highest BCUT2D eigenvalue weighted by molar-refractivity contribution is 8.00. The van der Waals surface area contributed by atoms with E-state index in [1.807, 2.05) is 11.8 Å². The van der Waals surface area contributed by atoms with Crippen molar-refractivity contribution >= 4 is 11.8 Å². The van der Waals surface area contributed by atoms with Crippen molar-refractivity contribution in [3.05, 3.63) is 0 Å². The molecule has 1 aliphatic rings. The van der Waals surface area contributed by atoms with Gasteiger partial charge in [0.25, 0.3) is 0 Å². The van der Waals surface area contributed by atoms with E-state index in [4.69, 9.17) is 4.74 Å². The molecule has 78 valence electrons. The number of methoxy groups -OCH3 is 1. The number of thioether (sulfide) groups is 1. The topological polar surface area (TPSA) is 29.5 Å². The van der Waals surface area contributed by atoms with Gasteiger partial charge >= 0.3 is 0 Å². The Labute approximate surface area is 85.0 Å². The van der Waals surface area contributed by atoms with Gasteiger partial charge in [-0.25, -0.2) is 0 Å². The van der Waals surface area contributed by atoms with Crippen molar-refractivity contribution in [2.75, 3.05) is 19.5 Å². The molecule has 0 aromatic rings. The Bertz CT molecular complexity index is 163. The second-order valence-corrected chi connectivity index (χ2v) is 5.54. The molecule has 0 amide bonds. The van der Waals surface area contributed by atoms with E-state index < -0.39 is 5.60 Å². The van der Waals surface area contributed by atoms with E-state index in [0.29, 0.717) is 11.2 Å². The van der Waals surface area contributed by atoms with Gasteiger partial charge in [0.1, 0.15) is 0 Å². The third-order valence-electron chi connectivity index (χ3n) is 2.93. The zero-order valence-corrected chi connectivity index (χ0v) is 9.56. The predicted molar refractivity (Wildman–Crippen MR) is 57.1 cm³/mol. The van der Waals surface area contributed by atoms with Crippen molar-refractivity contribution in [1.82, 2.24) is 0 Å². The molecular formula is C10H20O2S. The molecule has 1 aliphatic heterocycles. The lowest BCUT2D eigenvalue weighted by atomic mass is 9.85. The van der Waals surface area contributed by atoms with Gasteiger partial charge in [0, 0.05) is 24.7 Å². The molecule has 0 saturated carbocycles. The maximum atomic E-state index is 10.3. The van der Waals surface area contributed by atoms with E-state index in [2.05, 4.69) is 13.8 Å². The number of hydrogen-bond donors (Lipinski definition) is 1. The van der Waals surface area contributed by atoms with Gasteiger partial charge in [-0.15, -0.1) is 0 Å². The van der Waals surface area contributed by atoms with Crippen molar-refractivity contribution in [3.63, 3.8) is 0 Å². The van der Waals surface area contributed by atoms with E-state index in [-0.39, 0.29) is 0 Å². The molecule has 1 saturated heterocycles. The molecule has 1 rings (SSSR count). The van der Waals surface area contributed by atoms with Crippen LogP contribution in [-0.4, -0.2) is 35.4 Å². The fourth-order valence-corrected chi connectivity index (χ4v) is 3.19. The predicted octanol–water partition coefficient (Wildman–Crippen LogP) is 1.92. The maximum Gasteiger partial charge on any atom is 0.0774 e. The van der Waals surface area contributed by atoms with Crippen molar-refractivity contribution < 1.29 is 9.84 Å². The summed E-state index contributed by atoms with van der Waals surface area (Å²) in [4.78, 5) is 0. The number of hydrogen-bond acceptors (Lipinski definition) is 3. The molecule has 13 heavy (non-hydrogen) atoms. The van der Waals surface area contributed by atoms with Crippen molar-refractivity contribution in [2.45, 2.75) is 37.5 Å². The summed E-state index contributed by atoms with van der Waals surface area (Å²) in [7, 11) is 1.71. The van der Waals surface area contributed by atoms with Crippen LogP contribution in [0, 0.1) is 5.92 Å². The first-order valence-corrected chi connectivity index (χ1v) is 5.96. The zero-order valence-electron chi connectivity index (χ0n) is 8.75. The summed E-state index contributed by atoms with van der Waals surface area (Å²) in [5, 5.41) is 10.9. The van der Waals surface area contributed by atoms with Crippen LogP contribution in [0.3, 0.4) is 0 Å². The van der Waals surface area contributed by atoms with Gasteiger partial charge in [-0.05, 0) is 18.8 Å². The van der Waals surface area contributed by atoms with Gasteiger partial charge < -0.3 is 9.84 Å². The van der Waals surface area contributed by atoms with Gasteiger partial charge in [-0.3, -0.25) is 0 Å². The lowest BCUT2D eigenvalue weighted by Crippen LogP contribution is -2.37. The summed E-state index contributed by atoms with van der Waals surface area (Å²) in [6.07, 6.45) is 1.89. The minimum Gasteiger partial charge on any atom is -0.389 e. The second-order valence-electron chi connectivity index (χ2n) is 4.11. The van der Waals surface area contributed by atoms with Crippen LogP contribution < -0.4 is 0 Å². The number of ether oxygens (including phenoxy) is 1. The van der Waals surface area contributed by atoms with Gasteiger partial charge in [0.2, 0.25) is 0 Å². The van der Waals surface area contributed by atoms with Crippen molar-refractivity contribution in [3.8, 4) is 0 Å². The Balaban J connectivity index is 2.40. The van der Waals surface area contributed by atoms with Gasteiger partial charge in [0.05, 0.1) is 5.60 Å². The van der Waals surface area contributed by atoms with Gasteiger partial charge in [-0.2, -0.15) is 11.8 Å². The molecule has 0 bridgehead atoms. The molecule has 1 fully saturated rings. The molecule has 0 radical (unpaired) electrons. The Hall–Kier alpha value is 0.270. The molecule has 0 aliphatic carbocycles. The quantitative estimate of drug-likeness (QED) is 0.758. The summed E-state index contributed by atoms with van der Waals surface area (Å²) >= 11 is 1.88. The summed E-state index contributed by atoms with van der Waals surface area (Å²) in [6, 6.07) is 0. The Morgan fingerprint density at radius 3 is 2.85 bits per heavy atom. The Morgan fingerprint density at radius 1 is 1.69 bits per heavy atom. The Morgan fingerprint density at radius 2 is 2.38 bits per heavy atom. The molecule has 2 nitrogen and oxygen atoms in total. The molecule has 0 aromatic heterocycles. The van der Waals surface area contributed by atoms with Crippen LogP contribution in [0.25, 0.3) is 0 Å². The highest BCUT2D eigenvalue weighted by atomic mass is 32.2. The molecule has 3 heteroatoms. The largest absolute Gasteiger partial charge is 0.389 e. The van der Waals surface area contributed by atoms with Crippen LogP contribution in [0.5, 0.6) is 0 Å². The molecule has 1 heterocycles. The van der Waals surface area contributed by atoms with Crippen LogP contribution in [0.4, 0.5) is 0 Å². The molecule has 1 N–H and O–H groups in total. The normalized spacial score (nSPS) is 36.5. The van der Waals surface area contributed by atoms with Crippen LogP contribution in [0.1, 0.15) is 26.7 Å². The first-order valence-electron chi connectivity index (χ1n) is 4.91. The first-order chi connectivity index (χ1) is 6.08. The van der Waals surface area contributed by atoms with E-state index in [9.17, 15) is 5.11 Å². The molecule has 0 spiro atoms. The fourth-order valence-electron chi connectivity index (χ4n) is 1.81.